The zero-order chi connectivity index (χ0) is 21.8. The van der Waals surface area contributed by atoms with E-state index >= 15 is 0 Å². The van der Waals surface area contributed by atoms with Crippen LogP contribution in [0.1, 0.15) is 16.7 Å². The molecular formula is C24H16N2O4. The number of ether oxygens (including phenoxy) is 2. The Morgan fingerprint density at radius 1 is 0.633 bits per heavy atom. The lowest BCUT2D eigenvalue weighted by Gasteiger charge is -2.16. The molecule has 6 heteroatoms. The van der Waals surface area contributed by atoms with Crippen molar-refractivity contribution in [1.29, 1.82) is 0 Å². The van der Waals surface area contributed by atoms with Crippen LogP contribution < -0.4 is 20.9 Å². The Morgan fingerprint density at radius 2 is 1.03 bits per heavy atom. The van der Waals surface area contributed by atoms with Gasteiger partial charge in [0.25, 0.3) is 0 Å². The van der Waals surface area contributed by atoms with E-state index in [0.717, 1.165) is 0 Å². The van der Waals surface area contributed by atoms with E-state index in [2.05, 4.69) is 17.8 Å². The zero-order valence-electron chi connectivity index (χ0n) is 15.6. The first-order valence-electron chi connectivity index (χ1n) is 8.51. The molecule has 3 aromatic carbocycles. The van der Waals surface area contributed by atoms with Gasteiger partial charge in [-0.1, -0.05) is 17.8 Å². The Bertz CT molecular complexity index is 1180. The molecule has 0 aliphatic rings. The van der Waals surface area contributed by atoms with Gasteiger partial charge in [-0.2, -0.15) is 0 Å². The normalized spacial score (nSPS) is 9.77. The number of nitrogens with two attached hydrogens (primary N) is 2. The Morgan fingerprint density at radius 3 is 1.37 bits per heavy atom. The fourth-order valence-corrected chi connectivity index (χ4v) is 2.65. The number of aromatic hydroxyl groups is 2. The van der Waals surface area contributed by atoms with E-state index in [1.165, 1.54) is 30.3 Å². The van der Waals surface area contributed by atoms with E-state index in [1.54, 1.807) is 12.1 Å². The first kappa shape index (κ1) is 19.9. The van der Waals surface area contributed by atoms with Gasteiger partial charge in [0.1, 0.15) is 34.5 Å². The highest BCUT2D eigenvalue weighted by Gasteiger charge is 2.19. The Kier molecular flexibility index (Phi) is 5.32. The summed E-state index contributed by atoms with van der Waals surface area (Å²) >= 11 is 0. The second-order valence-corrected chi connectivity index (χ2v) is 6.08. The smallest absolute Gasteiger partial charge is 0.148 e. The molecule has 3 rings (SSSR count). The number of anilines is 2. The van der Waals surface area contributed by atoms with Crippen LogP contribution in [0, 0.1) is 37.0 Å². The number of nitrogen functional groups attached to an aromatic ring is 2. The van der Waals surface area contributed by atoms with Crippen LogP contribution in [0.4, 0.5) is 11.4 Å². The van der Waals surface area contributed by atoms with Gasteiger partial charge in [-0.25, -0.2) is 0 Å². The Labute approximate surface area is 173 Å². The van der Waals surface area contributed by atoms with Gasteiger partial charge in [-0.3, -0.25) is 0 Å². The lowest BCUT2D eigenvalue weighted by Crippen LogP contribution is -1.99. The third-order valence-corrected chi connectivity index (χ3v) is 4.15. The second-order valence-electron chi connectivity index (χ2n) is 6.08. The van der Waals surface area contributed by atoms with E-state index in [1.807, 2.05) is 0 Å². The summed E-state index contributed by atoms with van der Waals surface area (Å²) in [7, 11) is 0. The summed E-state index contributed by atoms with van der Waals surface area (Å²) in [5.74, 6) is 8.04. The molecule has 0 amide bonds. The lowest BCUT2D eigenvalue weighted by molar-refractivity contribution is 0.444. The zero-order valence-corrected chi connectivity index (χ0v) is 15.6. The third-order valence-electron chi connectivity index (χ3n) is 4.15. The van der Waals surface area contributed by atoms with Crippen molar-refractivity contribution in [3.05, 3.63) is 59.2 Å². The van der Waals surface area contributed by atoms with Gasteiger partial charge in [0.2, 0.25) is 0 Å². The SMILES string of the molecule is C#Cc1c(Oc2ccc(N)c(O)c2)cc(Oc2ccc(N)c(O)c2)c(C#C)c1C#C. The van der Waals surface area contributed by atoms with Gasteiger partial charge >= 0.3 is 0 Å². The summed E-state index contributed by atoms with van der Waals surface area (Å²) in [5.41, 5.74) is 12.3. The van der Waals surface area contributed by atoms with Crippen LogP contribution >= 0.6 is 0 Å². The van der Waals surface area contributed by atoms with Crippen molar-refractivity contribution in [3.8, 4) is 71.5 Å². The number of phenolic OH excluding ortho intramolecular Hbond substituents is 2. The van der Waals surface area contributed by atoms with Crippen LogP contribution in [-0.2, 0) is 0 Å². The summed E-state index contributed by atoms with van der Waals surface area (Å²) in [4.78, 5) is 0. The van der Waals surface area contributed by atoms with Gasteiger partial charge in [0, 0.05) is 18.2 Å². The van der Waals surface area contributed by atoms with Crippen LogP contribution in [-0.4, -0.2) is 10.2 Å². The molecule has 146 valence electrons. The fraction of sp³-hybridized carbons (Fsp3) is 0. The quantitative estimate of drug-likeness (QED) is 0.303. The molecule has 3 aromatic rings. The van der Waals surface area contributed by atoms with E-state index in [4.69, 9.17) is 40.2 Å². The predicted octanol–water partition coefficient (Wildman–Crippen LogP) is 3.79. The van der Waals surface area contributed by atoms with Crippen molar-refractivity contribution in [3.63, 3.8) is 0 Å². The molecule has 0 saturated heterocycles. The average molecular weight is 396 g/mol. The van der Waals surface area contributed by atoms with Gasteiger partial charge in [-0.05, 0) is 24.3 Å². The highest BCUT2D eigenvalue weighted by Crippen LogP contribution is 2.39. The monoisotopic (exact) mass is 396 g/mol. The topological polar surface area (TPSA) is 111 Å². The van der Waals surface area contributed by atoms with Crippen molar-refractivity contribution in [2.75, 3.05) is 11.5 Å². The number of benzene rings is 3. The van der Waals surface area contributed by atoms with E-state index in [-0.39, 0.29) is 62.6 Å². The van der Waals surface area contributed by atoms with Gasteiger partial charge in [0.15, 0.2) is 0 Å². The number of terminal acetylenes is 3. The molecule has 0 unspecified atom stereocenters. The molecule has 0 aliphatic carbocycles. The largest absolute Gasteiger partial charge is 0.506 e. The summed E-state index contributed by atoms with van der Waals surface area (Å²) < 4.78 is 11.7. The Hall–Kier alpha value is -4.86. The lowest BCUT2D eigenvalue weighted by atomic mass is 10.00. The molecule has 0 fully saturated rings. The van der Waals surface area contributed by atoms with Crippen molar-refractivity contribution < 1.29 is 19.7 Å². The molecule has 0 spiro atoms. The molecule has 30 heavy (non-hydrogen) atoms. The number of hydrogen-bond donors (Lipinski definition) is 4. The van der Waals surface area contributed by atoms with Crippen molar-refractivity contribution in [2.24, 2.45) is 0 Å². The van der Waals surface area contributed by atoms with E-state index in [0.29, 0.717) is 0 Å². The minimum Gasteiger partial charge on any atom is -0.506 e. The van der Waals surface area contributed by atoms with Crippen molar-refractivity contribution >= 4 is 11.4 Å². The van der Waals surface area contributed by atoms with Crippen molar-refractivity contribution in [2.45, 2.75) is 0 Å². The van der Waals surface area contributed by atoms with Crippen LogP contribution in [0.5, 0.6) is 34.5 Å². The first-order chi connectivity index (χ1) is 14.4. The fourth-order valence-electron chi connectivity index (χ4n) is 2.65. The number of hydrogen-bond acceptors (Lipinski definition) is 6. The molecule has 0 bridgehead atoms. The molecule has 0 atom stereocenters. The van der Waals surface area contributed by atoms with Crippen LogP contribution in [0.3, 0.4) is 0 Å². The maximum absolute atomic E-state index is 9.82. The molecule has 6 N–H and O–H groups in total. The third kappa shape index (κ3) is 3.73. The first-order valence-corrected chi connectivity index (χ1v) is 8.51. The molecule has 0 aliphatic heterocycles. The standard InChI is InChI=1S/C24H16N2O4/c1-4-16-17(5-2)23(29-14-7-9-19(25)21(27)11-14)13-24(18(16)6-3)30-15-8-10-20(26)22(28)12-15/h1-3,7-13,27-28H,25-26H2. The molecule has 0 heterocycles. The Balaban J connectivity index is 2.14. The molecular weight excluding hydrogens is 380 g/mol. The highest BCUT2D eigenvalue weighted by molar-refractivity contribution is 5.69. The summed E-state index contributed by atoms with van der Waals surface area (Å²) in [6.45, 7) is 0. The number of phenols is 2. The van der Waals surface area contributed by atoms with Gasteiger partial charge < -0.3 is 31.2 Å². The average Bonchev–Trinajstić information content (AvgIpc) is 2.73. The summed E-state index contributed by atoms with van der Waals surface area (Å²) in [6.07, 6.45) is 16.9. The highest BCUT2D eigenvalue weighted by atomic mass is 16.5. The van der Waals surface area contributed by atoms with E-state index < -0.39 is 0 Å². The van der Waals surface area contributed by atoms with Crippen LogP contribution in [0.2, 0.25) is 0 Å². The summed E-state index contributed by atoms with van der Waals surface area (Å²) in [5, 5.41) is 19.6. The second kappa shape index (κ2) is 8.02. The number of rotatable bonds is 4. The predicted molar refractivity (Wildman–Crippen MR) is 115 cm³/mol. The van der Waals surface area contributed by atoms with E-state index in [9.17, 15) is 10.2 Å². The van der Waals surface area contributed by atoms with Gasteiger partial charge in [-0.15, -0.1) is 19.3 Å². The van der Waals surface area contributed by atoms with Crippen LogP contribution in [0.25, 0.3) is 0 Å². The molecule has 0 saturated carbocycles. The molecule has 0 aromatic heterocycles. The van der Waals surface area contributed by atoms with Crippen LogP contribution in [0.15, 0.2) is 42.5 Å². The minimum absolute atomic E-state index is 0.152. The molecule has 6 nitrogen and oxygen atoms in total. The summed E-state index contributed by atoms with van der Waals surface area (Å²) in [6, 6.07) is 10.2. The maximum atomic E-state index is 9.82. The van der Waals surface area contributed by atoms with Crippen molar-refractivity contribution in [1.82, 2.24) is 0 Å². The van der Waals surface area contributed by atoms with Gasteiger partial charge in [0.05, 0.1) is 28.1 Å². The molecule has 0 radical (unpaired) electrons. The maximum Gasteiger partial charge on any atom is 0.148 e. The minimum atomic E-state index is -0.152.